The van der Waals surface area contributed by atoms with Crippen molar-refractivity contribution in [3.63, 3.8) is 0 Å². The van der Waals surface area contributed by atoms with Crippen LogP contribution in [0.1, 0.15) is 22.7 Å². The standard InChI is InChI=1S/C24H18Cl2N4O/c25-19-9-5-16(6-10-19)22-13-23(30-24(29-22)27-15-28-30)17-7-11-20(12-8-17)31-14-18-3-1-2-4-21(18)26/h1-13,15,23H,14H2,(H,27,28,29)/t23-/m1/s1. The van der Waals surface area contributed by atoms with Crippen LogP contribution in [0.15, 0.2) is 85.2 Å². The van der Waals surface area contributed by atoms with Crippen LogP contribution >= 0.6 is 23.2 Å². The number of aromatic nitrogens is 3. The van der Waals surface area contributed by atoms with Crippen molar-refractivity contribution >= 4 is 34.8 Å². The molecular weight excluding hydrogens is 431 g/mol. The number of nitrogens with one attached hydrogen (secondary N) is 1. The molecule has 0 bridgehead atoms. The van der Waals surface area contributed by atoms with Gasteiger partial charge in [0.25, 0.3) is 0 Å². The van der Waals surface area contributed by atoms with Crippen LogP contribution in [-0.2, 0) is 6.61 Å². The maximum atomic E-state index is 6.21. The highest BCUT2D eigenvalue weighted by Crippen LogP contribution is 2.33. The van der Waals surface area contributed by atoms with Gasteiger partial charge in [-0.15, -0.1) is 0 Å². The summed E-state index contributed by atoms with van der Waals surface area (Å²) in [4.78, 5) is 4.35. The molecule has 3 aromatic carbocycles. The van der Waals surface area contributed by atoms with Crippen molar-refractivity contribution in [2.24, 2.45) is 0 Å². The molecule has 5 rings (SSSR count). The molecule has 31 heavy (non-hydrogen) atoms. The molecule has 4 aromatic rings. The number of nitrogens with zero attached hydrogens (tertiary/aromatic N) is 3. The fraction of sp³-hybridized carbons (Fsp3) is 0.0833. The maximum absolute atomic E-state index is 6.21. The second kappa shape index (κ2) is 8.46. The third kappa shape index (κ3) is 4.15. The van der Waals surface area contributed by atoms with Crippen LogP contribution < -0.4 is 10.1 Å². The zero-order valence-corrected chi connectivity index (χ0v) is 17.9. The van der Waals surface area contributed by atoms with E-state index in [0.717, 1.165) is 28.1 Å². The van der Waals surface area contributed by atoms with Crippen molar-refractivity contribution in [1.82, 2.24) is 14.8 Å². The SMILES string of the molecule is Clc1ccc(C2=C[C@H](c3ccc(OCc4ccccc4Cl)cc3)n3ncnc3N2)cc1. The molecule has 1 aliphatic rings. The van der Waals surface area contributed by atoms with E-state index in [4.69, 9.17) is 27.9 Å². The maximum Gasteiger partial charge on any atom is 0.226 e. The number of rotatable bonds is 5. The van der Waals surface area contributed by atoms with Crippen LogP contribution in [0.2, 0.25) is 10.0 Å². The summed E-state index contributed by atoms with van der Waals surface area (Å²) in [6.45, 7) is 0.417. The number of halogens is 2. The first-order valence-corrected chi connectivity index (χ1v) is 10.5. The largest absolute Gasteiger partial charge is 0.489 e. The van der Waals surface area contributed by atoms with Gasteiger partial charge in [-0.05, 0) is 47.5 Å². The molecule has 0 aliphatic carbocycles. The Morgan fingerprint density at radius 2 is 1.71 bits per heavy atom. The van der Waals surface area contributed by atoms with Crippen LogP contribution in [0.3, 0.4) is 0 Å². The van der Waals surface area contributed by atoms with Crippen LogP contribution in [-0.4, -0.2) is 14.8 Å². The quantitative estimate of drug-likeness (QED) is 0.393. The van der Waals surface area contributed by atoms with E-state index < -0.39 is 0 Å². The monoisotopic (exact) mass is 448 g/mol. The lowest BCUT2D eigenvalue weighted by atomic mass is 10.0. The number of hydrogen-bond acceptors (Lipinski definition) is 4. The molecule has 0 amide bonds. The van der Waals surface area contributed by atoms with E-state index in [2.05, 4.69) is 21.5 Å². The number of anilines is 1. The Balaban J connectivity index is 1.39. The molecule has 5 nitrogen and oxygen atoms in total. The molecule has 0 saturated carbocycles. The number of fused-ring (bicyclic) bond motifs is 1. The molecule has 0 spiro atoms. The highest BCUT2D eigenvalue weighted by Gasteiger charge is 2.23. The second-order valence-electron chi connectivity index (χ2n) is 7.13. The number of hydrogen-bond donors (Lipinski definition) is 1. The average Bonchev–Trinajstić information content (AvgIpc) is 3.28. The molecule has 1 aliphatic heterocycles. The third-order valence-electron chi connectivity index (χ3n) is 5.14. The summed E-state index contributed by atoms with van der Waals surface area (Å²) in [5.74, 6) is 1.47. The number of ether oxygens (including phenoxy) is 1. The van der Waals surface area contributed by atoms with Gasteiger partial charge in [-0.3, -0.25) is 0 Å². The van der Waals surface area contributed by atoms with Crippen LogP contribution in [0, 0.1) is 0 Å². The van der Waals surface area contributed by atoms with Gasteiger partial charge < -0.3 is 10.1 Å². The minimum absolute atomic E-state index is 0.0953. The molecule has 2 heterocycles. The Morgan fingerprint density at radius 3 is 2.48 bits per heavy atom. The molecule has 1 N–H and O–H groups in total. The Morgan fingerprint density at radius 1 is 0.935 bits per heavy atom. The number of benzene rings is 3. The first-order chi connectivity index (χ1) is 15.2. The summed E-state index contributed by atoms with van der Waals surface area (Å²) < 4.78 is 7.77. The molecule has 0 unspecified atom stereocenters. The zero-order valence-electron chi connectivity index (χ0n) is 16.4. The molecular formula is C24H18Cl2N4O. The van der Waals surface area contributed by atoms with E-state index in [1.807, 2.05) is 77.5 Å². The minimum Gasteiger partial charge on any atom is -0.489 e. The van der Waals surface area contributed by atoms with E-state index in [9.17, 15) is 0 Å². The highest BCUT2D eigenvalue weighted by molar-refractivity contribution is 6.31. The summed E-state index contributed by atoms with van der Waals surface area (Å²) in [5.41, 5.74) is 4.02. The van der Waals surface area contributed by atoms with Crippen molar-refractivity contribution < 1.29 is 4.74 Å². The normalized spacial score (nSPS) is 15.0. The number of allylic oxidation sites excluding steroid dienone is 1. The molecule has 1 atom stereocenters. The molecule has 154 valence electrons. The fourth-order valence-electron chi connectivity index (χ4n) is 3.51. The smallest absolute Gasteiger partial charge is 0.226 e. The summed E-state index contributed by atoms with van der Waals surface area (Å²) in [7, 11) is 0. The molecule has 0 saturated heterocycles. The zero-order chi connectivity index (χ0) is 21.2. The van der Waals surface area contributed by atoms with Gasteiger partial charge in [0.05, 0.1) is 0 Å². The first kappa shape index (κ1) is 19.7. The van der Waals surface area contributed by atoms with Crippen LogP contribution in [0.4, 0.5) is 5.95 Å². The van der Waals surface area contributed by atoms with E-state index >= 15 is 0 Å². The Hall–Kier alpha value is -3.28. The van der Waals surface area contributed by atoms with E-state index in [-0.39, 0.29) is 6.04 Å². The molecule has 7 heteroatoms. The van der Waals surface area contributed by atoms with Gasteiger partial charge in [0.15, 0.2) is 0 Å². The van der Waals surface area contributed by atoms with Crippen molar-refractivity contribution in [2.75, 3.05) is 5.32 Å². The van der Waals surface area contributed by atoms with Gasteiger partial charge in [0, 0.05) is 21.3 Å². The van der Waals surface area contributed by atoms with E-state index in [0.29, 0.717) is 22.6 Å². The Kier molecular flexibility index (Phi) is 5.37. The van der Waals surface area contributed by atoms with Gasteiger partial charge in [-0.2, -0.15) is 10.1 Å². The molecule has 0 radical (unpaired) electrons. The average molecular weight is 449 g/mol. The van der Waals surface area contributed by atoms with E-state index in [1.54, 1.807) is 6.33 Å². The van der Waals surface area contributed by atoms with Gasteiger partial charge in [-0.1, -0.05) is 65.7 Å². The van der Waals surface area contributed by atoms with E-state index in [1.165, 1.54) is 0 Å². The lowest BCUT2D eigenvalue weighted by molar-refractivity contribution is 0.306. The Bertz CT molecular complexity index is 1230. The predicted octanol–water partition coefficient (Wildman–Crippen LogP) is 6.22. The molecule has 1 aromatic heterocycles. The van der Waals surface area contributed by atoms with Crippen molar-refractivity contribution in [2.45, 2.75) is 12.6 Å². The van der Waals surface area contributed by atoms with Gasteiger partial charge >= 0.3 is 0 Å². The molecule has 0 fully saturated rings. The highest BCUT2D eigenvalue weighted by atomic mass is 35.5. The van der Waals surface area contributed by atoms with Crippen LogP contribution in [0.25, 0.3) is 5.70 Å². The van der Waals surface area contributed by atoms with Crippen LogP contribution in [0.5, 0.6) is 5.75 Å². The third-order valence-corrected chi connectivity index (χ3v) is 5.76. The van der Waals surface area contributed by atoms with Gasteiger partial charge in [0.1, 0.15) is 24.7 Å². The van der Waals surface area contributed by atoms with Crippen molar-refractivity contribution in [3.8, 4) is 5.75 Å². The van der Waals surface area contributed by atoms with Crippen molar-refractivity contribution in [1.29, 1.82) is 0 Å². The van der Waals surface area contributed by atoms with Crippen molar-refractivity contribution in [3.05, 3.63) is 112 Å². The summed E-state index contributed by atoms with van der Waals surface area (Å²) in [5, 5.41) is 9.14. The Labute approximate surface area is 189 Å². The van der Waals surface area contributed by atoms with Gasteiger partial charge in [0.2, 0.25) is 5.95 Å². The summed E-state index contributed by atoms with van der Waals surface area (Å²) in [6, 6.07) is 23.3. The minimum atomic E-state index is -0.0953. The van der Waals surface area contributed by atoms with Gasteiger partial charge in [-0.25, -0.2) is 4.68 Å². The second-order valence-corrected chi connectivity index (χ2v) is 7.98. The summed E-state index contributed by atoms with van der Waals surface area (Å²) >= 11 is 12.3. The topological polar surface area (TPSA) is 52.0 Å². The lowest BCUT2D eigenvalue weighted by Crippen LogP contribution is -2.20. The summed E-state index contributed by atoms with van der Waals surface area (Å²) in [6.07, 6.45) is 3.68. The lowest BCUT2D eigenvalue weighted by Gasteiger charge is -2.24. The predicted molar refractivity (Wildman–Crippen MR) is 123 cm³/mol. The fourth-order valence-corrected chi connectivity index (χ4v) is 3.82. The first-order valence-electron chi connectivity index (χ1n) is 9.78.